The van der Waals surface area contributed by atoms with E-state index in [2.05, 4.69) is 5.32 Å². The van der Waals surface area contributed by atoms with Crippen LogP contribution in [0.2, 0.25) is 0 Å². The van der Waals surface area contributed by atoms with Crippen molar-refractivity contribution in [2.75, 3.05) is 23.3 Å². The van der Waals surface area contributed by atoms with Crippen LogP contribution in [0.4, 0.5) is 11.4 Å². The van der Waals surface area contributed by atoms with Crippen molar-refractivity contribution in [3.63, 3.8) is 0 Å². The molecule has 3 aromatic rings. The maximum atomic E-state index is 13.6. The average molecular weight is 467 g/mol. The largest absolute Gasteiger partial charge is 0.497 e. The van der Waals surface area contributed by atoms with Crippen LogP contribution in [-0.4, -0.2) is 34.1 Å². The van der Waals surface area contributed by atoms with Crippen molar-refractivity contribution in [3.05, 3.63) is 77.4 Å². The van der Waals surface area contributed by atoms with Gasteiger partial charge in [-0.1, -0.05) is 18.2 Å². The van der Waals surface area contributed by atoms with E-state index in [9.17, 15) is 13.2 Å². The minimum absolute atomic E-state index is 0.102. The molecule has 0 aromatic heterocycles. The van der Waals surface area contributed by atoms with Gasteiger partial charge in [-0.25, -0.2) is 8.42 Å². The average Bonchev–Trinajstić information content (AvgIpc) is 2.81. The van der Waals surface area contributed by atoms with Crippen LogP contribution in [0.1, 0.15) is 16.7 Å². The summed E-state index contributed by atoms with van der Waals surface area (Å²) >= 11 is 0. The van der Waals surface area contributed by atoms with E-state index in [0.29, 0.717) is 22.9 Å². The summed E-state index contributed by atoms with van der Waals surface area (Å²) in [5.41, 5.74) is 3.95. The summed E-state index contributed by atoms with van der Waals surface area (Å²) < 4.78 is 39.5. The lowest BCUT2D eigenvalue weighted by Gasteiger charge is -2.35. The number of sulfonamides is 1. The molecule has 1 N–H and O–H groups in total. The SMILES string of the molecule is COc1ccc(S(=O)(=O)N2C[C@@H](C(=O)Nc3cccc(C)c3C)Oc3cc(C)ccc32)cc1. The van der Waals surface area contributed by atoms with Crippen molar-refractivity contribution >= 4 is 27.3 Å². The van der Waals surface area contributed by atoms with Gasteiger partial charge in [0, 0.05) is 5.69 Å². The van der Waals surface area contributed by atoms with Gasteiger partial charge in [0.25, 0.3) is 15.9 Å². The molecule has 0 radical (unpaired) electrons. The first-order valence-electron chi connectivity index (χ1n) is 10.5. The van der Waals surface area contributed by atoms with Crippen molar-refractivity contribution in [1.29, 1.82) is 0 Å². The zero-order valence-electron chi connectivity index (χ0n) is 19.0. The summed E-state index contributed by atoms with van der Waals surface area (Å²) in [4.78, 5) is 13.2. The Morgan fingerprint density at radius 2 is 1.79 bits per heavy atom. The van der Waals surface area contributed by atoms with Crippen molar-refractivity contribution in [2.24, 2.45) is 0 Å². The van der Waals surface area contributed by atoms with Crippen LogP contribution >= 0.6 is 0 Å². The third-order valence-electron chi connectivity index (χ3n) is 5.79. The van der Waals surface area contributed by atoms with Crippen LogP contribution in [-0.2, 0) is 14.8 Å². The highest BCUT2D eigenvalue weighted by Crippen LogP contribution is 2.38. The molecular formula is C25H26N2O5S. The van der Waals surface area contributed by atoms with E-state index < -0.39 is 22.0 Å². The number of benzene rings is 3. The van der Waals surface area contributed by atoms with Crippen LogP contribution < -0.4 is 19.1 Å². The molecule has 33 heavy (non-hydrogen) atoms. The number of nitrogens with zero attached hydrogens (tertiary/aromatic N) is 1. The molecule has 0 bridgehead atoms. The summed E-state index contributed by atoms with van der Waals surface area (Å²) in [6.45, 7) is 5.61. The summed E-state index contributed by atoms with van der Waals surface area (Å²) in [6, 6.07) is 17.0. The van der Waals surface area contributed by atoms with Crippen molar-refractivity contribution in [1.82, 2.24) is 0 Å². The van der Waals surface area contributed by atoms with E-state index in [1.54, 1.807) is 24.3 Å². The number of methoxy groups -OCH3 is 1. The predicted octanol–water partition coefficient (Wildman–Crippen LogP) is 4.22. The Kier molecular flexibility index (Phi) is 6.03. The molecule has 3 aromatic carbocycles. The fourth-order valence-corrected chi connectivity index (χ4v) is 5.18. The fraction of sp³-hybridized carbons (Fsp3) is 0.240. The number of amides is 1. The number of hydrogen-bond donors (Lipinski definition) is 1. The Labute approximate surface area is 194 Å². The van der Waals surface area contributed by atoms with Gasteiger partial charge in [-0.15, -0.1) is 0 Å². The van der Waals surface area contributed by atoms with Gasteiger partial charge in [-0.3, -0.25) is 9.10 Å². The Bertz CT molecular complexity index is 1300. The van der Waals surface area contributed by atoms with Gasteiger partial charge in [0.05, 0.1) is 24.2 Å². The Hall–Kier alpha value is -3.52. The molecule has 0 saturated carbocycles. The van der Waals surface area contributed by atoms with E-state index in [0.717, 1.165) is 16.7 Å². The standard InChI is InChI=1S/C25H26N2O5S/c1-16-8-13-22-23(14-16)32-24(25(28)26-21-7-5-6-17(2)18(21)3)15-27(22)33(29,30)20-11-9-19(31-4)10-12-20/h5-14,24H,15H2,1-4H3,(H,26,28)/t24-/m0/s1. The Balaban J connectivity index is 1.70. The van der Waals surface area contributed by atoms with Crippen LogP contribution in [0.5, 0.6) is 11.5 Å². The molecule has 1 aliphatic heterocycles. The molecule has 0 unspecified atom stereocenters. The number of ether oxygens (including phenoxy) is 2. The smallest absolute Gasteiger partial charge is 0.267 e. The highest BCUT2D eigenvalue weighted by Gasteiger charge is 2.37. The van der Waals surface area contributed by atoms with E-state index in [1.165, 1.54) is 23.5 Å². The van der Waals surface area contributed by atoms with Crippen LogP contribution in [0.15, 0.2) is 65.6 Å². The molecule has 0 spiro atoms. The first-order chi connectivity index (χ1) is 15.7. The van der Waals surface area contributed by atoms with Crippen LogP contribution in [0.3, 0.4) is 0 Å². The number of hydrogen-bond acceptors (Lipinski definition) is 5. The quantitative estimate of drug-likeness (QED) is 0.609. The minimum Gasteiger partial charge on any atom is -0.497 e. The monoisotopic (exact) mass is 466 g/mol. The van der Waals surface area contributed by atoms with Gasteiger partial charge in [0.1, 0.15) is 11.5 Å². The molecule has 0 aliphatic carbocycles. The van der Waals surface area contributed by atoms with Crippen molar-refractivity contribution < 1.29 is 22.7 Å². The topological polar surface area (TPSA) is 84.9 Å². The van der Waals surface area contributed by atoms with Gasteiger partial charge in [0.2, 0.25) is 0 Å². The first-order valence-corrected chi connectivity index (χ1v) is 12.0. The second kappa shape index (κ2) is 8.78. The number of fused-ring (bicyclic) bond motifs is 1. The zero-order valence-corrected chi connectivity index (χ0v) is 19.8. The lowest BCUT2D eigenvalue weighted by molar-refractivity contribution is -0.122. The third-order valence-corrected chi connectivity index (χ3v) is 7.58. The molecule has 4 rings (SSSR count). The summed E-state index contributed by atoms with van der Waals surface area (Å²) in [7, 11) is -2.43. The molecule has 172 valence electrons. The van der Waals surface area contributed by atoms with Gasteiger partial charge in [-0.05, 0) is 79.9 Å². The number of nitrogens with one attached hydrogen (secondary N) is 1. The lowest BCUT2D eigenvalue weighted by Crippen LogP contribution is -2.48. The van der Waals surface area contributed by atoms with E-state index in [1.807, 2.05) is 45.0 Å². The van der Waals surface area contributed by atoms with E-state index in [-0.39, 0.29) is 11.4 Å². The number of carbonyl (C=O) groups is 1. The normalized spacial score (nSPS) is 15.4. The zero-order chi connectivity index (χ0) is 23.8. The van der Waals surface area contributed by atoms with Gasteiger partial charge >= 0.3 is 0 Å². The number of rotatable bonds is 5. The molecule has 1 heterocycles. The highest BCUT2D eigenvalue weighted by atomic mass is 32.2. The molecule has 8 heteroatoms. The van der Waals surface area contributed by atoms with Gasteiger partial charge in [-0.2, -0.15) is 0 Å². The second-order valence-electron chi connectivity index (χ2n) is 8.03. The van der Waals surface area contributed by atoms with Crippen molar-refractivity contribution in [2.45, 2.75) is 31.8 Å². The summed E-state index contributed by atoms with van der Waals surface area (Å²) in [5, 5.41) is 2.89. The maximum Gasteiger partial charge on any atom is 0.267 e. The second-order valence-corrected chi connectivity index (χ2v) is 9.89. The van der Waals surface area contributed by atoms with Crippen LogP contribution in [0.25, 0.3) is 0 Å². The third kappa shape index (κ3) is 4.39. The molecule has 0 saturated heterocycles. The number of aryl methyl sites for hydroxylation is 2. The molecule has 0 fully saturated rings. The fourth-order valence-electron chi connectivity index (χ4n) is 3.70. The van der Waals surface area contributed by atoms with Crippen molar-refractivity contribution in [3.8, 4) is 11.5 Å². The first kappa shape index (κ1) is 22.7. The summed E-state index contributed by atoms with van der Waals surface area (Å²) in [6.07, 6.45) is -1.02. The molecule has 1 amide bonds. The van der Waals surface area contributed by atoms with Gasteiger partial charge < -0.3 is 14.8 Å². The van der Waals surface area contributed by atoms with E-state index in [4.69, 9.17) is 9.47 Å². The minimum atomic E-state index is -3.95. The van der Waals surface area contributed by atoms with E-state index >= 15 is 0 Å². The maximum absolute atomic E-state index is 13.6. The Morgan fingerprint density at radius 1 is 1.06 bits per heavy atom. The lowest BCUT2D eigenvalue weighted by atomic mass is 10.1. The molecule has 7 nitrogen and oxygen atoms in total. The number of anilines is 2. The number of carbonyl (C=O) groups excluding carboxylic acids is 1. The molecular weight excluding hydrogens is 440 g/mol. The van der Waals surface area contributed by atoms with Crippen LogP contribution in [0, 0.1) is 20.8 Å². The molecule has 1 aliphatic rings. The summed E-state index contributed by atoms with van der Waals surface area (Å²) in [5.74, 6) is 0.489. The van der Waals surface area contributed by atoms with Gasteiger partial charge in [0.15, 0.2) is 6.10 Å². The predicted molar refractivity (Wildman–Crippen MR) is 128 cm³/mol. The highest BCUT2D eigenvalue weighted by molar-refractivity contribution is 7.92. The Morgan fingerprint density at radius 3 is 2.48 bits per heavy atom. The molecule has 1 atom stereocenters.